The average molecular weight is 503 g/mol. The summed E-state index contributed by atoms with van der Waals surface area (Å²) < 4.78 is 18.2. The van der Waals surface area contributed by atoms with Gasteiger partial charge in [-0.25, -0.2) is 0 Å². The number of rotatable bonds is 8. The minimum Gasteiger partial charge on any atom is -0.465 e. The van der Waals surface area contributed by atoms with E-state index in [9.17, 15) is 9.59 Å². The lowest BCUT2D eigenvalue weighted by Crippen LogP contribution is -2.62. The Bertz CT molecular complexity index is 854. The van der Waals surface area contributed by atoms with E-state index in [1.165, 1.54) is 58.8 Å². The number of hydrogen-bond donors (Lipinski definition) is 0. The number of carbonyl (C=O) groups excluding carboxylic acids is 2. The minimum absolute atomic E-state index is 0.0779. The summed E-state index contributed by atoms with van der Waals surface area (Å²) in [4.78, 5) is 23.7. The van der Waals surface area contributed by atoms with E-state index >= 15 is 0 Å². The molecule has 0 aromatic heterocycles. The molecule has 0 radical (unpaired) electrons. The SMILES string of the molecule is CC(=O)OC[C@]12CC[C@@H](OC(C)=O)C[C@@]13O[C@H]3C[C@H]1[C@@H]3CC[C@H]([C@H](C)CCCC(C)C)[C@@]3(C)CC[C@@H]12. The van der Waals surface area contributed by atoms with Crippen LogP contribution in [0.2, 0.25) is 0 Å². The van der Waals surface area contributed by atoms with Crippen LogP contribution < -0.4 is 0 Å². The monoisotopic (exact) mass is 502 g/mol. The Morgan fingerprint density at radius 2 is 1.75 bits per heavy atom. The molecule has 0 N–H and O–H groups in total. The third kappa shape index (κ3) is 4.24. The molecule has 4 aliphatic carbocycles. The van der Waals surface area contributed by atoms with Gasteiger partial charge in [0.2, 0.25) is 0 Å². The minimum atomic E-state index is -0.280. The lowest BCUT2D eigenvalue weighted by atomic mass is 9.44. The molecule has 5 rings (SSSR count). The molecule has 10 atom stereocenters. The first kappa shape index (κ1) is 26.5. The Labute approximate surface area is 218 Å². The van der Waals surface area contributed by atoms with Crippen LogP contribution in [0.4, 0.5) is 0 Å². The van der Waals surface area contributed by atoms with Crippen LogP contribution in [0.3, 0.4) is 0 Å². The van der Waals surface area contributed by atoms with Gasteiger partial charge in [0.15, 0.2) is 0 Å². The van der Waals surface area contributed by atoms with E-state index in [4.69, 9.17) is 14.2 Å². The van der Waals surface area contributed by atoms with Crippen molar-refractivity contribution in [2.24, 2.45) is 46.3 Å². The zero-order valence-electron chi connectivity index (χ0n) is 23.6. The smallest absolute Gasteiger partial charge is 0.302 e. The van der Waals surface area contributed by atoms with E-state index in [1.807, 2.05) is 0 Å². The molecule has 5 nitrogen and oxygen atoms in total. The lowest BCUT2D eigenvalue weighted by molar-refractivity contribution is -0.176. The molecular weight excluding hydrogens is 452 g/mol. The Hall–Kier alpha value is -1.10. The maximum Gasteiger partial charge on any atom is 0.302 e. The van der Waals surface area contributed by atoms with Crippen LogP contribution in [0.15, 0.2) is 0 Å². The van der Waals surface area contributed by atoms with E-state index in [2.05, 4.69) is 27.7 Å². The van der Waals surface area contributed by atoms with Crippen LogP contribution in [0.1, 0.15) is 112 Å². The number of hydrogen-bond acceptors (Lipinski definition) is 5. The summed E-state index contributed by atoms with van der Waals surface area (Å²) in [5.74, 6) is 3.94. The van der Waals surface area contributed by atoms with E-state index in [-0.39, 0.29) is 35.2 Å². The Morgan fingerprint density at radius 3 is 2.44 bits per heavy atom. The van der Waals surface area contributed by atoms with Gasteiger partial charge in [0.25, 0.3) is 0 Å². The highest BCUT2D eigenvalue weighted by atomic mass is 16.6. The zero-order chi connectivity index (χ0) is 25.9. The highest BCUT2D eigenvalue weighted by Crippen LogP contribution is 2.74. The molecule has 1 heterocycles. The first-order valence-corrected chi connectivity index (χ1v) is 15.0. The third-order valence-electron chi connectivity index (χ3n) is 11.8. The third-order valence-corrected chi connectivity index (χ3v) is 11.8. The summed E-state index contributed by atoms with van der Waals surface area (Å²) in [6.07, 6.45) is 13.1. The molecule has 36 heavy (non-hydrogen) atoms. The van der Waals surface area contributed by atoms with Gasteiger partial charge in [-0.15, -0.1) is 0 Å². The second-order valence-corrected chi connectivity index (χ2v) is 14.0. The second kappa shape index (κ2) is 9.58. The van der Waals surface area contributed by atoms with Crippen LogP contribution in [0, 0.1) is 46.3 Å². The van der Waals surface area contributed by atoms with Gasteiger partial charge in [-0.3, -0.25) is 9.59 Å². The Balaban J connectivity index is 1.37. The van der Waals surface area contributed by atoms with Gasteiger partial charge < -0.3 is 14.2 Å². The van der Waals surface area contributed by atoms with Crippen molar-refractivity contribution in [2.45, 2.75) is 130 Å². The topological polar surface area (TPSA) is 65.1 Å². The van der Waals surface area contributed by atoms with E-state index in [0.29, 0.717) is 23.9 Å². The molecule has 5 aliphatic rings. The first-order valence-electron chi connectivity index (χ1n) is 15.0. The van der Waals surface area contributed by atoms with Crippen LogP contribution in [-0.4, -0.2) is 36.4 Å². The van der Waals surface area contributed by atoms with Crippen molar-refractivity contribution < 1.29 is 23.8 Å². The standard InChI is InChI=1S/C31H50O5/c1-19(2)8-7-9-20(3)25-10-11-26-24-16-28-31(36-28)17-23(35-22(5)33)12-15-30(31,18-34-21(4)32)27(24)13-14-29(25,26)6/h19-20,23-28H,7-18H2,1-6H3/t20-,23-,24+,25-,26+,27+,28+,29-,30+,31+/m1/s1. The van der Waals surface area contributed by atoms with E-state index < -0.39 is 0 Å². The molecule has 0 aromatic rings. The maximum absolute atomic E-state index is 12.0. The molecule has 204 valence electrons. The van der Waals surface area contributed by atoms with Gasteiger partial charge in [0.1, 0.15) is 18.3 Å². The summed E-state index contributed by atoms with van der Waals surface area (Å²) in [5.41, 5.74) is 0.00787. The summed E-state index contributed by atoms with van der Waals surface area (Å²) >= 11 is 0. The molecule has 0 aromatic carbocycles. The van der Waals surface area contributed by atoms with Crippen molar-refractivity contribution >= 4 is 11.9 Å². The zero-order valence-corrected chi connectivity index (χ0v) is 23.6. The van der Waals surface area contributed by atoms with Crippen molar-refractivity contribution in [1.29, 1.82) is 0 Å². The molecule has 1 spiro atoms. The van der Waals surface area contributed by atoms with Crippen LogP contribution in [0.5, 0.6) is 0 Å². The van der Waals surface area contributed by atoms with Crippen molar-refractivity contribution in [3.05, 3.63) is 0 Å². The van der Waals surface area contributed by atoms with E-state index in [1.54, 1.807) is 0 Å². The molecule has 0 amide bonds. The van der Waals surface area contributed by atoms with Gasteiger partial charge in [-0.05, 0) is 85.9 Å². The Morgan fingerprint density at radius 1 is 0.972 bits per heavy atom. The molecule has 5 heteroatoms. The van der Waals surface area contributed by atoms with Gasteiger partial charge in [0.05, 0.1) is 6.10 Å². The maximum atomic E-state index is 12.0. The number of ether oxygens (including phenoxy) is 3. The normalized spacial score (nSPS) is 45.6. The molecule has 1 aliphatic heterocycles. The number of esters is 2. The highest BCUT2D eigenvalue weighted by Gasteiger charge is 2.78. The van der Waals surface area contributed by atoms with Gasteiger partial charge in [-0.1, -0.05) is 47.0 Å². The van der Waals surface area contributed by atoms with Gasteiger partial charge in [-0.2, -0.15) is 0 Å². The second-order valence-electron chi connectivity index (χ2n) is 14.0. The molecule has 1 saturated heterocycles. The highest BCUT2D eigenvalue weighted by molar-refractivity contribution is 5.66. The van der Waals surface area contributed by atoms with Crippen molar-refractivity contribution in [1.82, 2.24) is 0 Å². The quantitative estimate of drug-likeness (QED) is 0.272. The summed E-state index contributed by atoms with van der Waals surface area (Å²) in [7, 11) is 0. The van der Waals surface area contributed by atoms with Crippen LogP contribution in [0.25, 0.3) is 0 Å². The molecule has 0 unspecified atom stereocenters. The van der Waals surface area contributed by atoms with Crippen LogP contribution in [-0.2, 0) is 23.8 Å². The Kier molecular flexibility index (Phi) is 7.05. The molecule has 0 bridgehead atoms. The van der Waals surface area contributed by atoms with Crippen LogP contribution >= 0.6 is 0 Å². The average Bonchev–Trinajstić information content (AvgIpc) is 3.36. The van der Waals surface area contributed by atoms with Crippen molar-refractivity contribution in [2.75, 3.05) is 6.61 Å². The first-order chi connectivity index (χ1) is 17.0. The lowest BCUT2D eigenvalue weighted by Gasteiger charge is -2.60. The van der Waals surface area contributed by atoms with Crippen molar-refractivity contribution in [3.8, 4) is 0 Å². The number of epoxide rings is 1. The van der Waals surface area contributed by atoms with Gasteiger partial charge in [0, 0.05) is 25.7 Å². The predicted octanol–water partition coefficient (Wildman–Crippen LogP) is 6.71. The van der Waals surface area contributed by atoms with Crippen molar-refractivity contribution in [3.63, 3.8) is 0 Å². The van der Waals surface area contributed by atoms with E-state index in [0.717, 1.165) is 49.4 Å². The fourth-order valence-electron chi connectivity index (χ4n) is 10.3. The fourth-order valence-corrected chi connectivity index (χ4v) is 10.3. The number of fused-ring (bicyclic) bond motifs is 4. The molecular formula is C31H50O5. The summed E-state index contributed by atoms with van der Waals surface area (Å²) in [6.45, 7) is 13.3. The number of carbonyl (C=O) groups is 2. The predicted molar refractivity (Wildman–Crippen MR) is 139 cm³/mol. The summed E-state index contributed by atoms with van der Waals surface area (Å²) in [6, 6.07) is 0. The largest absolute Gasteiger partial charge is 0.465 e. The fraction of sp³-hybridized carbons (Fsp3) is 0.935. The summed E-state index contributed by atoms with van der Waals surface area (Å²) in [5, 5.41) is 0. The molecule has 4 saturated carbocycles. The van der Waals surface area contributed by atoms with Gasteiger partial charge >= 0.3 is 11.9 Å². The molecule has 5 fully saturated rings.